The maximum Gasteiger partial charge on any atom is 0.337 e. The topological polar surface area (TPSA) is 82.8 Å². The van der Waals surface area contributed by atoms with Crippen LogP contribution in [0.3, 0.4) is 0 Å². The predicted molar refractivity (Wildman–Crippen MR) is 137 cm³/mol. The van der Waals surface area contributed by atoms with Crippen molar-refractivity contribution in [1.29, 1.82) is 0 Å². The molecule has 1 unspecified atom stereocenters. The Kier molecular flexibility index (Phi) is 6.43. The molecule has 0 aliphatic carbocycles. The van der Waals surface area contributed by atoms with Gasteiger partial charge in [-0.15, -0.1) is 0 Å². The maximum atomic E-state index is 13.1. The summed E-state index contributed by atoms with van der Waals surface area (Å²) in [4.78, 5) is 27.1. The van der Waals surface area contributed by atoms with Crippen LogP contribution in [0.1, 0.15) is 73.6 Å². The van der Waals surface area contributed by atoms with E-state index in [2.05, 4.69) is 24.1 Å². The number of nitrogens with zero attached hydrogens (tertiary/aromatic N) is 1. The molecule has 3 aromatic rings. The van der Waals surface area contributed by atoms with Crippen LogP contribution in [-0.2, 0) is 6.42 Å². The molecule has 6 heteroatoms. The van der Waals surface area contributed by atoms with Gasteiger partial charge in [-0.1, -0.05) is 32.9 Å². The van der Waals surface area contributed by atoms with Crippen molar-refractivity contribution in [2.75, 3.05) is 23.3 Å². The molecule has 1 aliphatic rings. The highest BCUT2D eigenvalue weighted by molar-refractivity contribution is 5.94. The smallest absolute Gasteiger partial charge is 0.337 e. The number of carboxylic acids is 1. The lowest BCUT2D eigenvalue weighted by Crippen LogP contribution is -2.37. The zero-order valence-corrected chi connectivity index (χ0v) is 20.7. The molecule has 34 heavy (non-hydrogen) atoms. The number of carboxylic acid groups (broad SMARTS) is 1. The normalized spacial score (nSPS) is 16.4. The van der Waals surface area contributed by atoms with Crippen LogP contribution in [0.25, 0.3) is 11.0 Å². The molecule has 1 aromatic heterocycles. The molecule has 1 atom stereocenters. The molecule has 0 amide bonds. The monoisotopic (exact) mass is 462 g/mol. The van der Waals surface area contributed by atoms with Gasteiger partial charge < -0.3 is 19.7 Å². The van der Waals surface area contributed by atoms with Gasteiger partial charge in [0.2, 0.25) is 0 Å². The lowest BCUT2D eigenvalue weighted by atomic mass is 9.83. The van der Waals surface area contributed by atoms with Gasteiger partial charge in [0.1, 0.15) is 5.58 Å². The number of hydrogen-bond donors (Lipinski definition) is 2. The Hall–Kier alpha value is -3.28. The van der Waals surface area contributed by atoms with Crippen molar-refractivity contribution in [2.45, 2.75) is 59.9 Å². The summed E-state index contributed by atoms with van der Waals surface area (Å²) in [5, 5.41) is 13.6. The van der Waals surface area contributed by atoms with E-state index in [4.69, 9.17) is 4.42 Å². The highest BCUT2D eigenvalue weighted by atomic mass is 16.4. The van der Waals surface area contributed by atoms with Crippen molar-refractivity contribution < 1.29 is 14.3 Å². The minimum absolute atomic E-state index is 0.0586. The third-order valence-electron chi connectivity index (χ3n) is 6.98. The molecule has 0 spiro atoms. The summed E-state index contributed by atoms with van der Waals surface area (Å²) in [5.74, 6) is -0.371. The average molecular weight is 463 g/mol. The lowest BCUT2D eigenvalue weighted by Gasteiger charge is -2.37. The predicted octanol–water partition coefficient (Wildman–Crippen LogP) is 6.16. The number of rotatable bonds is 6. The van der Waals surface area contributed by atoms with E-state index in [0.717, 1.165) is 49.0 Å². The van der Waals surface area contributed by atoms with Crippen molar-refractivity contribution >= 4 is 28.5 Å². The van der Waals surface area contributed by atoms with E-state index >= 15 is 0 Å². The van der Waals surface area contributed by atoms with E-state index in [1.807, 2.05) is 45.0 Å². The van der Waals surface area contributed by atoms with Crippen LogP contribution in [0.15, 0.2) is 45.6 Å². The van der Waals surface area contributed by atoms with E-state index in [1.165, 1.54) is 0 Å². The minimum Gasteiger partial charge on any atom is -0.478 e. The summed E-state index contributed by atoms with van der Waals surface area (Å²) in [6, 6.07) is 10.7. The number of carbonyl (C=O) groups is 1. The first-order valence-corrected chi connectivity index (χ1v) is 12.0. The Balaban J connectivity index is 1.74. The van der Waals surface area contributed by atoms with Crippen molar-refractivity contribution in [3.63, 3.8) is 0 Å². The summed E-state index contributed by atoms with van der Waals surface area (Å²) in [6.45, 7) is 12.2. The minimum atomic E-state index is -0.971. The first-order valence-electron chi connectivity index (χ1n) is 12.0. The zero-order valence-electron chi connectivity index (χ0n) is 20.7. The first kappa shape index (κ1) is 23.9. The molecule has 4 rings (SSSR count). The summed E-state index contributed by atoms with van der Waals surface area (Å²) >= 11 is 0. The van der Waals surface area contributed by atoms with E-state index in [1.54, 1.807) is 12.1 Å². The van der Waals surface area contributed by atoms with Crippen molar-refractivity contribution in [3.05, 3.63) is 68.9 Å². The first-order chi connectivity index (χ1) is 16.1. The summed E-state index contributed by atoms with van der Waals surface area (Å²) in [7, 11) is 0. The molecule has 1 fully saturated rings. The number of fused-ring (bicyclic) bond motifs is 1. The van der Waals surface area contributed by atoms with Gasteiger partial charge in [0, 0.05) is 30.4 Å². The Bertz CT molecular complexity index is 1280. The van der Waals surface area contributed by atoms with Gasteiger partial charge in [0.15, 0.2) is 11.3 Å². The van der Waals surface area contributed by atoms with Gasteiger partial charge in [-0.25, -0.2) is 4.79 Å². The largest absolute Gasteiger partial charge is 0.478 e. The molecule has 0 saturated carbocycles. The molecule has 0 bridgehead atoms. The standard InChI is InChI=1S/C28H34N2O4/c1-6-19-7-8-23(21(15-19)27(32)33)29-18(3)20-13-17(2)14-22-24(31)16-25(34-26(20)22)30-11-9-28(4,5)10-12-30/h7-8,13-16,18,29H,6,9-12H2,1-5H3,(H,32,33). The van der Waals surface area contributed by atoms with Crippen LogP contribution in [0.4, 0.5) is 11.6 Å². The molecule has 180 valence electrons. The van der Waals surface area contributed by atoms with Crippen LogP contribution in [-0.4, -0.2) is 24.2 Å². The Morgan fingerprint density at radius 1 is 1.18 bits per heavy atom. The number of nitrogens with one attached hydrogen (secondary N) is 1. The van der Waals surface area contributed by atoms with Crippen LogP contribution in [0, 0.1) is 12.3 Å². The second-order valence-electron chi connectivity index (χ2n) is 10.2. The van der Waals surface area contributed by atoms with Crippen LogP contribution >= 0.6 is 0 Å². The number of hydrogen-bond acceptors (Lipinski definition) is 5. The highest BCUT2D eigenvalue weighted by Crippen LogP contribution is 2.34. The number of aryl methyl sites for hydroxylation is 2. The van der Waals surface area contributed by atoms with E-state index in [-0.39, 0.29) is 17.0 Å². The van der Waals surface area contributed by atoms with Gasteiger partial charge >= 0.3 is 5.97 Å². The van der Waals surface area contributed by atoms with Crippen molar-refractivity contribution in [3.8, 4) is 0 Å². The number of anilines is 2. The summed E-state index contributed by atoms with van der Waals surface area (Å²) < 4.78 is 6.38. The Morgan fingerprint density at radius 2 is 1.88 bits per heavy atom. The van der Waals surface area contributed by atoms with Gasteiger partial charge in [-0.05, 0) is 67.9 Å². The van der Waals surface area contributed by atoms with Crippen LogP contribution in [0.2, 0.25) is 0 Å². The summed E-state index contributed by atoms with van der Waals surface area (Å²) in [5.41, 5.74) is 4.33. The SMILES string of the molecule is CCc1ccc(NC(C)c2cc(C)cc3c(=O)cc(N4CCC(C)(C)CC4)oc23)c(C(=O)O)c1. The van der Waals surface area contributed by atoms with Gasteiger partial charge in [0.25, 0.3) is 0 Å². The molecular formula is C28H34N2O4. The fourth-order valence-corrected chi connectivity index (χ4v) is 4.66. The van der Waals surface area contributed by atoms with Crippen LogP contribution < -0.4 is 15.6 Å². The molecule has 2 aromatic carbocycles. The van der Waals surface area contributed by atoms with E-state index in [0.29, 0.717) is 28.0 Å². The molecule has 0 radical (unpaired) electrons. The molecule has 1 aliphatic heterocycles. The summed E-state index contributed by atoms with van der Waals surface area (Å²) in [6.07, 6.45) is 2.85. The lowest BCUT2D eigenvalue weighted by molar-refractivity contribution is 0.0697. The zero-order chi connectivity index (χ0) is 24.6. The fourth-order valence-electron chi connectivity index (χ4n) is 4.66. The molecule has 6 nitrogen and oxygen atoms in total. The molecule has 2 heterocycles. The highest BCUT2D eigenvalue weighted by Gasteiger charge is 2.27. The fraction of sp³-hybridized carbons (Fsp3) is 0.429. The molecule has 2 N–H and O–H groups in total. The van der Waals surface area contributed by atoms with Crippen molar-refractivity contribution in [2.24, 2.45) is 5.41 Å². The van der Waals surface area contributed by atoms with E-state index < -0.39 is 5.97 Å². The molecule has 1 saturated heterocycles. The quantitative estimate of drug-likeness (QED) is 0.456. The maximum absolute atomic E-state index is 13.1. The Labute approximate surface area is 200 Å². The van der Waals surface area contributed by atoms with Crippen LogP contribution in [0.5, 0.6) is 0 Å². The average Bonchev–Trinajstić information content (AvgIpc) is 2.79. The molecular weight excluding hydrogens is 428 g/mol. The number of benzene rings is 2. The second-order valence-corrected chi connectivity index (χ2v) is 10.2. The van der Waals surface area contributed by atoms with Gasteiger partial charge in [-0.2, -0.15) is 0 Å². The third kappa shape index (κ3) is 4.81. The van der Waals surface area contributed by atoms with Gasteiger partial charge in [0.05, 0.1) is 17.0 Å². The number of piperidine rings is 1. The second kappa shape index (κ2) is 9.16. The Morgan fingerprint density at radius 3 is 2.53 bits per heavy atom. The third-order valence-corrected chi connectivity index (χ3v) is 6.98. The number of aromatic carboxylic acids is 1. The van der Waals surface area contributed by atoms with E-state index in [9.17, 15) is 14.7 Å². The van der Waals surface area contributed by atoms with Crippen molar-refractivity contribution in [1.82, 2.24) is 0 Å². The van der Waals surface area contributed by atoms with Gasteiger partial charge in [-0.3, -0.25) is 4.79 Å².